The van der Waals surface area contributed by atoms with Crippen LogP contribution in [0.3, 0.4) is 0 Å². The Morgan fingerprint density at radius 1 is 1.00 bits per heavy atom. The van der Waals surface area contributed by atoms with Gasteiger partial charge in [0.1, 0.15) is 0 Å². The third kappa shape index (κ3) is 9.54. The van der Waals surface area contributed by atoms with Crippen LogP contribution < -0.4 is 15.8 Å². The van der Waals surface area contributed by atoms with Crippen molar-refractivity contribution in [3.8, 4) is 28.1 Å². The first-order valence-corrected chi connectivity index (χ1v) is 17.5. The Hall–Kier alpha value is -3.02. The van der Waals surface area contributed by atoms with E-state index in [1.54, 1.807) is 28.9 Å². The van der Waals surface area contributed by atoms with E-state index < -0.39 is 17.6 Å². The third-order valence-corrected chi connectivity index (χ3v) is 9.89. The SMILES string of the molecule is C1CCNCC1.NC(=O)c1nn(-c2ccc(Cl)cc2Cl)c(-c2ccc(C#Cc3ccc(C(F)(F)F)cc3)s2)c1CNSN1CCCC1. The molecule has 4 aromatic rings. The highest BCUT2D eigenvalue weighted by Crippen LogP contribution is 2.37. The lowest BCUT2D eigenvalue weighted by Gasteiger charge is -2.14. The van der Waals surface area contributed by atoms with Crippen LogP contribution in [-0.4, -0.2) is 46.2 Å². The number of nitrogens with two attached hydrogens (primary N) is 1. The Morgan fingerprint density at radius 2 is 1.72 bits per heavy atom. The van der Waals surface area contributed by atoms with E-state index >= 15 is 0 Å². The number of halogens is 5. The first kappa shape index (κ1) is 35.3. The van der Waals surface area contributed by atoms with Crippen LogP contribution in [0.4, 0.5) is 13.2 Å². The number of alkyl halides is 3. The summed E-state index contributed by atoms with van der Waals surface area (Å²) in [6.07, 6.45) is 2.07. The van der Waals surface area contributed by atoms with Crippen molar-refractivity contribution in [1.82, 2.24) is 24.1 Å². The molecule has 0 spiro atoms. The zero-order chi connectivity index (χ0) is 33.4. The van der Waals surface area contributed by atoms with Gasteiger partial charge in [0, 0.05) is 47.9 Å². The molecule has 4 heterocycles. The van der Waals surface area contributed by atoms with Crippen LogP contribution in [0.25, 0.3) is 16.3 Å². The Balaban J connectivity index is 0.000000650. The van der Waals surface area contributed by atoms with Crippen LogP contribution in [0.1, 0.15) is 64.2 Å². The molecule has 0 saturated carbocycles. The molecule has 2 saturated heterocycles. The number of piperidine rings is 1. The van der Waals surface area contributed by atoms with Gasteiger partial charge >= 0.3 is 6.18 Å². The molecule has 14 heteroatoms. The fourth-order valence-corrected chi connectivity index (χ4v) is 7.32. The van der Waals surface area contributed by atoms with Gasteiger partial charge in [-0.05, 0) is 93.4 Å². The number of primary amides is 1. The number of nitrogens with zero attached hydrogens (tertiary/aromatic N) is 3. The molecular formula is C33H33Cl2F3N6OS2. The minimum absolute atomic E-state index is 0.103. The lowest BCUT2D eigenvalue weighted by Crippen LogP contribution is -2.21. The second-order valence-corrected chi connectivity index (χ2v) is 13.8. The minimum atomic E-state index is -4.41. The van der Waals surface area contributed by atoms with Gasteiger partial charge in [-0.2, -0.15) is 18.3 Å². The standard InChI is InChI=1S/C28H22Cl2F3N5OS2.C5H11N/c29-19-8-11-23(22(30)15-19)38-26(21(25(36-38)27(34)39)16-35-41-37-13-1-2-14-37)24-12-10-20(40-24)9-5-17-3-6-18(7-4-17)28(31,32)33;1-2-4-6-5-3-1/h3-4,6-8,10-12,15,35H,1-2,13-14,16H2,(H2,34,39);6H,1-5H2. The molecule has 7 nitrogen and oxygen atoms in total. The lowest BCUT2D eigenvalue weighted by molar-refractivity contribution is -0.137. The average molecular weight is 722 g/mol. The molecule has 1 amide bonds. The number of hydrogen-bond acceptors (Lipinski definition) is 7. The molecule has 0 radical (unpaired) electrons. The van der Waals surface area contributed by atoms with Crippen LogP contribution in [0.5, 0.6) is 0 Å². The van der Waals surface area contributed by atoms with Crippen molar-refractivity contribution in [2.75, 3.05) is 26.2 Å². The van der Waals surface area contributed by atoms with Crippen LogP contribution >= 0.6 is 46.7 Å². The Labute approximate surface area is 290 Å². The highest BCUT2D eigenvalue weighted by molar-refractivity contribution is 7.95. The number of amides is 1. The normalized spacial score (nSPS) is 15.1. The van der Waals surface area contributed by atoms with E-state index in [9.17, 15) is 18.0 Å². The van der Waals surface area contributed by atoms with Crippen molar-refractivity contribution >= 4 is 52.6 Å². The minimum Gasteiger partial charge on any atom is -0.364 e. The van der Waals surface area contributed by atoms with Crippen molar-refractivity contribution in [1.29, 1.82) is 0 Å². The maximum Gasteiger partial charge on any atom is 0.416 e. The summed E-state index contributed by atoms with van der Waals surface area (Å²) in [7, 11) is 0. The maximum atomic E-state index is 12.9. The molecule has 2 aliphatic heterocycles. The van der Waals surface area contributed by atoms with Crippen molar-refractivity contribution < 1.29 is 18.0 Å². The van der Waals surface area contributed by atoms with Gasteiger partial charge in [-0.15, -0.1) is 11.3 Å². The number of aromatic nitrogens is 2. The summed E-state index contributed by atoms with van der Waals surface area (Å²) < 4.78 is 45.8. The Bertz CT molecular complexity index is 1730. The second-order valence-electron chi connectivity index (χ2n) is 10.9. The fourth-order valence-electron chi connectivity index (χ4n) is 5.08. The quantitative estimate of drug-likeness (QED) is 0.133. The molecule has 0 aliphatic carbocycles. The molecule has 47 heavy (non-hydrogen) atoms. The number of benzene rings is 2. The number of hydrogen-bond donors (Lipinski definition) is 3. The Kier molecular flexibility index (Phi) is 12.3. The largest absolute Gasteiger partial charge is 0.416 e. The molecule has 0 unspecified atom stereocenters. The summed E-state index contributed by atoms with van der Waals surface area (Å²) in [5.41, 5.74) is 7.31. The van der Waals surface area contributed by atoms with Gasteiger partial charge in [0.25, 0.3) is 5.91 Å². The number of carbonyl (C=O) groups excluding carboxylic acids is 1. The van der Waals surface area contributed by atoms with Gasteiger partial charge in [0.05, 0.1) is 31.7 Å². The summed E-state index contributed by atoms with van der Waals surface area (Å²) in [5, 5.41) is 8.63. The van der Waals surface area contributed by atoms with Crippen molar-refractivity contribution in [2.45, 2.75) is 44.8 Å². The molecule has 4 N–H and O–H groups in total. The zero-order valence-corrected chi connectivity index (χ0v) is 28.4. The second kappa shape index (κ2) is 16.4. The molecule has 0 bridgehead atoms. The molecule has 248 valence electrons. The van der Waals surface area contributed by atoms with Gasteiger partial charge < -0.3 is 11.1 Å². The van der Waals surface area contributed by atoms with Crippen LogP contribution in [0.2, 0.25) is 10.0 Å². The summed E-state index contributed by atoms with van der Waals surface area (Å²) in [6.45, 7) is 4.74. The van der Waals surface area contributed by atoms with Gasteiger partial charge in [-0.1, -0.05) is 41.5 Å². The highest BCUT2D eigenvalue weighted by Gasteiger charge is 2.30. The molecule has 2 aliphatic rings. The monoisotopic (exact) mass is 720 g/mol. The van der Waals surface area contributed by atoms with Gasteiger partial charge in [-0.3, -0.25) is 4.79 Å². The third-order valence-electron chi connectivity index (χ3n) is 7.45. The van der Waals surface area contributed by atoms with E-state index in [1.807, 2.05) is 6.07 Å². The van der Waals surface area contributed by atoms with Crippen molar-refractivity contribution in [3.63, 3.8) is 0 Å². The van der Waals surface area contributed by atoms with Gasteiger partial charge in [-0.25, -0.2) is 13.7 Å². The molecule has 2 aromatic heterocycles. The first-order chi connectivity index (χ1) is 22.6. The summed E-state index contributed by atoms with van der Waals surface area (Å²) in [6, 6.07) is 13.3. The van der Waals surface area contributed by atoms with Crippen molar-refractivity contribution in [2.24, 2.45) is 5.73 Å². The zero-order valence-electron chi connectivity index (χ0n) is 25.3. The van der Waals surface area contributed by atoms with E-state index in [1.165, 1.54) is 68.0 Å². The molecule has 2 fully saturated rings. The van der Waals surface area contributed by atoms with Crippen LogP contribution in [0.15, 0.2) is 54.6 Å². The van der Waals surface area contributed by atoms with E-state index in [-0.39, 0.29) is 5.69 Å². The predicted octanol–water partition coefficient (Wildman–Crippen LogP) is 7.93. The summed E-state index contributed by atoms with van der Waals surface area (Å²) in [4.78, 5) is 13.9. The average Bonchev–Trinajstić information content (AvgIpc) is 3.82. The van der Waals surface area contributed by atoms with Gasteiger partial charge in [0.2, 0.25) is 0 Å². The maximum absolute atomic E-state index is 12.9. The summed E-state index contributed by atoms with van der Waals surface area (Å²) >= 11 is 15.5. The molecular weight excluding hydrogens is 688 g/mol. The number of thiophene rings is 1. The molecule has 6 rings (SSSR count). The van der Waals surface area contributed by atoms with E-state index in [0.717, 1.165) is 42.9 Å². The van der Waals surface area contributed by atoms with Gasteiger partial charge in [0.15, 0.2) is 5.69 Å². The van der Waals surface area contributed by atoms with E-state index in [0.29, 0.717) is 44.0 Å². The number of rotatable bonds is 7. The Morgan fingerprint density at radius 3 is 2.32 bits per heavy atom. The van der Waals surface area contributed by atoms with E-state index in [2.05, 4.69) is 31.3 Å². The smallest absolute Gasteiger partial charge is 0.364 e. The fraction of sp³-hybridized carbons (Fsp3) is 0.333. The van der Waals surface area contributed by atoms with E-state index in [4.69, 9.17) is 28.9 Å². The topological polar surface area (TPSA) is 88.2 Å². The van der Waals surface area contributed by atoms with Crippen molar-refractivity contribution in [3.05, 3.63) is 91.9 Å². The molecule has 0 atom stereocenters. The lowest BCUT2D eigenvalue weighted by atomic mass is 10.1. The summed E-state index contributed by atoms with van der Waals surface area (Å²) in [5.74, 6) is 5.24. The number of nitrogens with one attached hydrogen (secondary N) is 2. The molecule has 2 aromatic carbocycles. The first-order valence-electron chi connectivity index (χ1n) is 15.1. The predicted molar refractivity (Wildman–Crippen MR) is 185 cm³/mol. The van der Waals surface area contributed by atoms with Crippen LogP contribution in [-0.2, 0) is 12.7 Å². The van der Waals surface area contributed by atoms with Crippen LogP contribution in [0, 0.1) is 11.8 Å². The highest BCUT2D eigenvalue weighted by atomic mass is 35.5. The number of carbonyl (C=O) groups is 1.